The van der Waals surface area contributed by atoms with Crippen LogP contribution in [0, 0.1) is 0 Å². The largest absolute Gasteiger partial charge is 0.428 e. The van der Waals surface area contributed by atoms with E-state index in [1.165, 1.54) is 23.8 Å². The van der Waals surface area contributed by atoms with E-state index < -0.39 is 59.3 Å². The number of β-lactam (4-membered cyclic amide) rings is 1. The molecule has 176 valence electrons. The lowest BCUT2D eigenvalue weighted by Crippen LogP contribution is -2.71. The number of carbonyl (C=O) groups excluding carboxylic acids is 5. The Kier molecular flexibility index (Phi) is 9.47. The highest BCUT2D eigenvalue weighted by Crippen LogP contribution is 2.40. The molecule has 0 aromatic heterocycles. The van der Waals surface area contributed by atoms with Crippen molar-refractivity contribution in [2.75, 3.05) is 39.3 Å². The molecule has 0 aromatic rings. The third kappa shape index (κ3) is 5.58. The number of ether oxygens (including phenoxy) is 3. The third-order valence-corrected chi connectivity index (χ3v) is 5.91. The lowest BCUT2D eigenvalue weighted by atomic mass is 10.0. The van der Waals surface area contributed by atoms with Gasteiger partial charge >= 0.3 is 11.9 Å². The van der Waals surface area contributed by atoms with Crippen LogP contribution in [0.3, 0.4) is 0 Å². The maximum Gasteiger partial charge on any atom is 0.358 e. The van der Waals surface area contributed by atoms with Gasteiger partial charge in [-0.05, 0) is 5.57 Å². The van der Waals surface area contributed by atoms with Crippen LogP contribution in [0.2, 0.25) is 0 Å². The number of nitrogens with one attached hydrogen (secondary N) is 1. The van der Waals surface area contributed by atoms with E-state index in [0.29, 0.717) is 11.3 Å². The summed E-state index contributed by atoms with van der Waals surface area (Å²) in [6, 6.07) is -1.03. The normalized spacial score (nSPS) is 20.2. The van der Waals surface area contributed by atoms with Crippen LogP contribution >= 0.6 is 23.4 Å². The van der Waals surface area contributed by atoms with Gasteiger partial charge in [-0.2, -0.15) is 0 Å². The highest BCUT2D eigenvalue weighted by molar-refractivity contribution is 8.00. The number of methoxy groups -OCH3 is 1. The molecule has 2 rings (SSSR count). The number of oxime groups is 1. The summed E-state index contributed by atoms with van der Waals surface area (Å²) in [4.78, 5) is 66.5. The number of carbonyl (C=O) groups is 5. The van der Waals surface area contributed by atoms with Crippen LogP contribution in [0.5, 0.6) is 0 Å². The summed E-state index contributed by atoms with van der Waals surface area (Å²) in [5.74, 6) is -3.92. The summed E-state index contributed by atoms with van der Waals surface area (Å²) in [6.07, 6.45) is 0.112. The number of thioether (sulfide) groups is 1. The molecule has 2 atom stereocenters. The van der Waals surface area contributed by atoms with Gasteiger partial charge in [0.1, 0.15) is 24.2 Å². The molecule has 2 aliphatic rings. The molecule has 1 fully saturated rings. The summed E-state index contributed by atoms with van der Waals surface area (Å²) < 4.78 is 14.8. The Morgan fingerprint density at radius 3 is 2.56 bits per heavy atom. The lowest BCUT2D eigenvalue weighted by Gasteiger charge is -2.49. The van der Waals surface area contributed by atoms with Crippen molar-refractivity contribution in [1.82, 2.24) is 10.2 Å². The molecule has 0 aliphatic carbocycles. The predicted octanol–water partition coefficient (Wildman–Crippen LogP) is -0.449. The second-order valence-corrected chi connectivity index (χ2v) is 7.72. The quantitative estimate of drug-likeness (QED) is 0.0765. The van der Waals surface area contributed by atoms with Gasteiger partial charge in [-0.1, -0.05) is 12.1 Å². The highest BCUT2D eigenvalue weighted by atomic mass is 35.5. The molecule has 32 heavy (non-hydrogen) atoms. The lowest BCUT2D eigenvalue weighted by molar-refractivity contribution is -0.167. The summed E-state index contributed by atoms with van der Waals surface area (Å²) in [5.41, 5.74) is -0.124. The standard InChI is InChI=1S/C18H22ClN3O9S/c1-4-11(24)30-8-31-18(27)14-9(6-28-2)7-32-17-13(16(26)22(14)17)20-15(25)12(21-29-3)10(23)5-19/h13,17H,4-8H2,1-3H3,(H,20,25)/t13?,17-/m1/s1. The van der Waals surface area contributed by atoms with E-state index >= 15 is 0 Å². The Hall–Kier alpha value is -2.64. The van der Waals surface area contributed by atoms with Gasteiger partial charge in [0.2, 0.25) is 18.3 Å². The summed E-state index contributed by atoms with van der Waals surface area (Å²) in [7, 11) is 2.58. The number of Topliss-reactive ketones (excluding diaryl/α,β-unsaturated/α-hetero) is 1. The molecule has 2 aliphatic heterocycles. The number of hydrogen-bond acceptors (Lipinski definition) is 11. The van der Waals surface area contributed by atoms with Crippen molar-refractivity contribution < 1.29 is 43.0 Å². The van der Waals surface area contributed by atoms with E-state index in [1.807, 2.05) is 0 Å². The monoisotopic (exact) mass is 491 g/mol. The van der Waals surface area contributed by atoms with Crippen molar-refractivity contribution in [2.24, 2.45) is 5.16 Å². The molecule has 1 N–H and O–H groups in total. The zero-order valence-corrected chi connectivity index (χ0v) is 19.1. The van der Waals surface area contributed by atoms with Crippen molar-refractivity contribution >= 4 is 58.6 Å². The van der Waals surface area contributed by atoms with Gasteiger partial charge < -0.3 is 24.4 Å². The smallest absolute Gasteiger partial charge is 0.358 e. The molecular weight excluding hydrogens is 470 g/mol. The van der Waals surface area contributed by atoms with E-state index in [4.69, 9.17) is 25.8 Å². The molecule has 14 heteroatoms. The molecule has 0 saturated carbocycles. The minimum atomic E-state index is -1.03. The van der Waals surface area contributed by atoms with Crippen LogP contribution in [0.25, 0.3) is 0 Å². The van der Waals surface area contributed by atoms with E-state index in [9.17, 15) is 24.0 Å². The number of alkyl halides is 1. The first-order valence-corrected chi connectivity index (χ1v) is 10.9. The number of fused-ring (bicyclic) bond motifs is 1. The molecular formula is C18H22ClN3O9S. The number of hydrogen-bond donors (Lipinski definition) is 1. The zero-order valence-electron chi connectivity index (χ0n) is 17.5. The highest BCUT2D eigenvalue weighted by Gasteiger charge is 2.54. The van der Waals surface area contributed by atoms with Gasteiger partial charge in [0.05, 0.1) is 12.5 Å². The fourth-order valence-corrected chi connectivity index (χ4v) is 4.31. The second kappa shape index (κ2) is 11.8. The van der Waals surface area contributed by atoms with Crippen molar-refractivity contribution in [3.63, 3.8) is 0 Å². The number of halogens is 1. The van der Waals surface area contributed by atoms with Gasteiger partial charge in [-0.3, -0.25) is 24.1 Å². The molecule has 2 heterocycles. The SMILES string of the molecule is CCC(=O)OCOC(=O)C1=C(COC)CS[C@@H]2C(NC(=O)C(=NOC)C(=O)CCl)C(=O)N12. The Morgan fingerprint density at radius 2 is 1.97 bits per heavy atom. The van der Waals surface area contributed by atoms with Gasteiger partial charge in [0.25, 0.3) is 11.8 Å². The molecule has 2 amide bonds. The van der Waals surface area contributed by atoms with Gasteiger partial charge in [0.15, 0.2) is 0 Å². The zero-order chi connectivity index (χ0) is 23.8. The van der Waals surface area contributed by atoms with Crippen molar-refractivity contribution in [3.8, 4) is 0 Å². The van der Waals surface area contributed by atoms with Crippen molar-refractivity contribution in [2.45, 2.75) is 24.8 Å². The minimum Gasteiger partial charge on any atom is -0.428 e. The van der Waals surface area contributed by atoms with Crippen LogP contribution in [0.1, 0.15) is 13.3 Å². The van der Waals surface area contributed by atoms with E-state index in [1.54, 1.807) is 6.92 Å². The molecule has 0 bridgehead atoms. The first-order chi connectivity index (χ1) is 15.3. The predicted molar refractivity (Wildman–Crippen MR) is 111 cm³/mol. The maximum atomic E-state index is 12.8. The second-order valence-electron chi connectivity index (χ2n) is 6.34. The summed E-state index contributed by atoms with van der Waals surface area (Å²) in [6.45, 7) is 1.05. The Bertz CT molecular complexity index is 861. The maximum absolute atomic E-state index is 12.8. The van der Waals surface area contributed by atoms with Gasteiger partial charge in [0, 0.05) is 19.3 Å². The number of esters is 2. The van der Waals surface area contributed by atoms with Crippen LogP contribution in [0.4, 0.5) is 0 Å². The number of nitrogens with zero attached hydrogens (tertiary/aromatic N) is 2. The third-order valence-electron chi connectivity index (χ3n) is 4.33. The van der Waals surface area contributed by atoms with E-state index in [2.05, 4.69) is 15.3 Å². The molecule has 0 radical (unpaired) electrons. The minimum absolute atomic E-state index is 0.0405. The van der Waals surface area contributed by atoms with Crippen molar-refractivity contribution in [3.05, 3.63) is 11.3 Å². The molecule has 1 saturated heterocycles. The average Bonchev–Trinajstić information content (AvgIpc) is 2.79. The van der Waals surface area contributed by atoms with Crippen LogP contribution in [-0.4, -0.2) is 90.8 Å². The van der Waals surface area contributed by atoms with Gasteiger partial charge in [-0.25, -0.2) is 4.79 Å². The molecule has 1 unspecified atom stereocenters. The van der Waals surface area contributed by atoms with E-state index in [-0.39, 0.29) is 18.7 Å². The summed E-state index contributed by atoms with van der Waals surface area (Å²) >= 11 is 6.76. The van der Waals surface area contributed by atoms with Crippen LogP contribution in [0.15, 0.2) is 16.4 Å². The molecule has 12 nitrogen and oxygen atoms in total. The average molecular weight is 492 g/mol. The number of rotatable bonds is 11. The fraction of sp³-hybridized carbons (Fsp3) is 0.556. The number of amides is 2. The van der Waals surface area contributed by atoms with Gasteiger partial charge in [-0.15, -0.1) is 23.4 Å². The Morgan fingerprint density at radius 1 is 1.25 bits per heavy atom. The summed E-state index contributed by atoms with van der Waals surface area (Å²) in [5, 5.41) is 5.15. The fourth-order valence-electron chi connectivity index (χ4n) is 2.86. The Balaban J connectivity index is 2.16. The first kappa shape index (κ1) is 25.6. The topological polar surface area (TPSA) is 150 Å². The van der Waals surface area contributed by atoms with Crippen LogP contribution < -0.4 is 5.32 Å². The van der Waals surface area contributed by atoms with Crippen LogP contribution in [-0.2, 0) is 43.0 Å². The first-order valence-electron chi connectivity index (χ1n) is 9.30. The molecule has 0 spiro atoms. The van der Waals surface area contributed by atoms with Crippen molar-refractivity contribution in [1.29, 1.82) is 0 Å². The van der Waals surface area contributed by atoms with E-state index in [0.717, 1.165) is 7.11 Å². The Labute approximate surface area is 192 Å². The number of ketones is 1. The molecule has 0 aromatic carbocycles.